The molecule has 1 aliphatic heterocycles. The Balaban J connectivity index is 2.45. The molecule has 0 N–H and O–H groups in total. The van der Waals surface area contributed by atoms with Crippen LogP contribution in [0.15, 0.2) is 28.7 Å². The second-order valence-corrected chi connectivity index (χ2v) is 3.03. The number of aromatic nitrogens is 1. The van der Waals surface area contributed by atoms with E-state index in [2.05, 4.69) is 15.3 Å². The molecule has 13 heavy (non-hydrogen) atoms. The van der Waals surface area contributed by atoms with Gasteiger partial charge in [-0.15, -0.1) is 5.11 Å². The van der Waals surface area contributed by atoms with E-state index in [0.717, 1.165) is 11.5 Å². The number of fused-ring (bicyclic) bond motifs is 1. The highest BCUT2D eigenvalue weighted by molar-refractivity contribution is 5.60. The van der Waals surface area contributed by atoms with Crippen LogP contribution >= 0.6 is 0 Å². The third-order valence-electron chi connectivity index (χ3n) is 1.85. The van der Waals surface area contributed by atoms with Gasteiger partial charge in [0.15, 0.2) is 5.82 Å². The molecule has 2 heterocycles. The van der Waals surface area contributed by atoms with E-state index in [-0.39, 0.29) is 0 Å². The van der Waals surface area contributed by atoms with Crippen molar-refractivity contribution in [2.75, 3.05) is 25.7 Å². The van der Waals surface area contributed by atoms with Crippen LogP contribution in [0.25, 0.3) is 0 Å². The minimum absolute atomic E-state index is 0.702. The second kappa shape index (κ2) is 3.01. The molecule has 0 spiro atoms. The predicted molar refractivity (Wildman–Crippen MR) is 49.8 cm³/mol. The summed E-state index contributed by atoms with van der Waals surface area (Å²) >= 11 is 0. The number of nitrogens with zero attached hydrogens (tertiary/aromatic N) is 5. The van der Waals surface area contributed by atoms with Gasteiger partial charge in [0.1, 0.15) is 12.4 Å². The number of rotatable bonds is 0. The maximum absolute atomic E-state index is 4.24. The molecule has 0 bridgehead atoms. The van der Waals surface area contributed by atoms with Crippen LogP contribution in [0, 0.1) is 0 Å². The molecular weight excluding hydrogens is 166 g/mol. The minimum Gasteiger partial charge on any atom is -0.339 e. The van der Waals surface area contributed by atoms with Gasteiger partial charge < -0.3 is 4.90 Å². The molecule has 0 unspecified atom stereocenters. The summed E-state index contributed by atoms with van der Waals surface area (Å²) in [6.07, 6.45) is 1.76. The van der Waals surface area contributed by atoms with E-state index in [0.29, 0.717) is 6.67 Å². The van der Waals surface area contributed by atoms with Gasteiger partial charge >= 0.3 is 0 Å². The van der Waals surface area contributed by atoms with Crippen LogP contribution in [0.5, 0.6) is 0 Å². The van der Waals surface area contributed by atoms with Crippen LogP contribution < -0.4 is 4.90 Å². The Morgan fingerprint density at radius 3 is 3.08 bits per heavy atom. The van der Waals surface area contributed by atoms with Crippen LogP contribution in [-0.4, -0.2) is 30.8 Å². The van der Waals surface area contributed by atoms with Crippen molar-refractivity contribution >= 4 is 11.5 Å². The number of anilines is 1. The van der Waals surface area contributed by atoms with Gasteiger partial charge in [0.2, 0.25) is 0 Å². The first-order valence-electron chi connectivity index (χ1n) is 4.06. The smallest absolute Gasteiger partial charge is 0.157 e. The summed E-state index contributed by atoms with van der Waals surface area (Å²) < 4.78 is 0. The van der Waals surface area contributed by atoms with Crippen molar-refractivity contribution in [3.05, 3.63) is 18.3 Å². The highest BCUT2D eigenvalue weighted by Crippen LogP contribution is 2.27. The van der Waals surface area contributed by atoms with Gasteiger partial charge in [-0.3, -0.25) is 5.01 Å². The van der Waals surface area contributed by atoms with E-state index in [1.165, 1.54) is 0 Å². The second-order valence-electron chi connectivity index (χ2n) is 3.03. The first-order chi connectivity index (χ1) is 6.27. The van der Waals surface area contributed by atoms with Crippen molar-refractivity contribution < 1.29 is 0 Å². The van der Waals surface area contributed by atoms with Gasteiger partial charge in [-0.25, -0.2) is 4.98 Å². The summed E-state index contributed by atoms with van der Waals surface area (Å²) in [5, 5.41) is 9.82. The van der Waals surface area contributed by atoms with Gasteiger partial charge in [0.05, 0.1) is 0 Å². The number of pyridine rings is 1. The van der Waals surface area contributed by atoms with E-state index in [1.807, 2.05) is 31.1 Å². The quantitative estimate of drug-likeness (QED) is 0.602. The van der Waals surface area contributed by atoms with Crippen molar-refractivity contribution in [1.29, 1.82) is 0 Å². The third kappa shape index (κ3) is 1.44. The van der Waals surface area contributed by atoms with Gasteiger partial charge in [-0.1, -0.05) is 5.22 Å². The minimum atomic E-state index is 0.702. The Morgan fingerprint density at radius 1 is 1.38 bits per heavy atom. The highest BCUT2D eigenvalue weighted by Gasteiger charge is 2.12. The standard InChI is InChI=1S/C8H11N5/c1-12-6-13(2)11-10-7-4-3-5-9-8(7)12/h3-5H,6H2,1-2H3. The Bertz CT molecular complexity index is 335. The van der Waals surface area contributed by atoms with E-state index in [9.17, 15) is 0 Å². The highest BCUT2D eigenvalue weighted by atomic mass is 15.6. The fourth-order valence-corrected chi connectivity index (χ4v) is 1.29. The summed E-state index contributed by atoms with van der Waals surface area (Å²) in [7, 11) is 3.85. The van der Waals surface area contributed by atoms with Crippen LogP contribution in [0.2, 0.25) is 0 Å². The molecule has 1 aliphatic rings. The van der Waals surface area contributed by atoms with Crippen molar-refractivity contribution in [2.24, 2.45) is 10.3 Å². The molecule has 5 nitrogen and oxygen atoms in total. The molecule has 68 valence electrons. The zero-order valence-electron chi connectivity index (χ0n) is 7.68. The Hall–Kier alpha value is -1.65. The average molecular weight is 177 g/mol. The molecule has 0 aromatic carbocycles. The Labute approximate surface area is 76.7 Å². The van der Waals surface area contributed by atoms with Crippen molar-refractivity contribution in [3.63, 3.8) is 0 Å². The molecule has 0 atom stereocenters. The lowest BCUT2D eigenvalue weighted by Gasteiger charge is -2.19. The maximum Gasteiger partial charge on any atom is 0.157 e. The monoisotopic (exact) mass is 177 g/mol. The van der Waals surface area contributed by atoms with Gasteiger partial charge in [0.25, 0.3) is 0 Å². The summed E-state index contributed by atoms with van der Waals surface area (Å²) in [6, 6.07) is 3.76. The number of hydrogen-bond acceptors (Lipinski definition) is 5. The molecule has 0 saturated heterocycles. The molecule has 0 amide bonds. The lowest BCUT2D eigenvalue weighted by atomic mass is 10.4. The summed E-state index contributed by atoms with van der Waals surface area (Å²) in [4.78, 5) is 6.25. The first kappa shape index (κ1) is 7.97. The Kier molecular flexibility index (Phi) is 1.84. The Morgan fingerprint density at radius 2 is 2.23 bits per heavy atom. The fraction of sp³-hybridized carbons (Fsp3) is 0.375. The van der Waals surface area contributed by atoms with Crippen LogP contribution in [0.3, 0.4) is 0 Å². The SMILES string of the molecule is CN1CN(C)c2ncccc2N=N1. The van der Waals surface area contributed by atoms with E-state index < -0.39 is 0 Å². The molecule has 5 heteroatoms. The third-order valence-corrected chi connectivity index (χ3v) is 1.85. The molecule has 0 fully saturated rings. The fourth-order valence-electron chi connectivity index (χ4n) is 1.29. The van der Waals surface area contributed by atoms with E-state index >= 15 is 0 Å². The molecule has 1 aromatic heterocycles. The summed E-state index contributed by atoms with van der Waals surface area (Å²) in [6.45, 7) is 0.702. The molecule has 0 aliphatic carbocycles. The van der Waals surface area contributed by atoms with E-state index in [1.54, 1.807) is 11.2 Å². The van der Waals surface area contributed by atoms with Crippen molar-refractivity contribution in [2.45, 2.75) is 0 Å². The first-order valence-corrected chi connectivity index (χ1v) is 4.06. The average Bonchev–Trinajstić information content (AvgIpc) is 2.27. The topological polar surface area (TPSA) is 44.1 Å². The van der Waals surface area contributed by atoms with Crippen molar-refractivity contribution in [3.8, 4) is 0 Å². The van der Waals surface area contributed by atoms with Crippen molar-refractivity contribution in [1.82, 2.24) is 9.99 Å². The molecule has 2 rings (SSSR count). The normalized spacial score (nSPS) is 15.5. The predicted octanol–water partition coefficient (Wildman–Crippen LogP) is 1.42. The zero-order chi connectivity index (χ0) is 9.26. The largest absolute Gasteiger partial charge is 0.339 e. The lowest BCUT2D eigenvalue weighted by Crippen LogP contribution is -2.28. The summed E-state index contributed by atoms with van der Waals surface area (Å²) in [5.41, 5.74) is 0.814. The summed E-state index contributed by atoms with van der Waals surface area (Å²) in [5.74, 6) is 0.871. The van der Waals surface area contributed by atoms with Crippen LogP contribution in [0.1, 0.15) is 0 Å². The van der Waals surface area contributed by atoms with Crippen LogP contribution in [-0.2, 0) is 0 Å². The zero-order valence-corrected chi connectivity index (χ0v) is 7.68. The van der Waals surface area contributed by atoms with E-state index in [4.69, 9.17) is 0 Å². The van der Waals surface area contributed by atoms with Crippen LogP contribution in [0.4, 0.5) is 11.5 Å². The number of hydrogen-bond donors (Lipinski definition) is 0. The van der Waals surface area contributed by atoms with Gasteiger partial charge in [-0.2, -0.15) is 0 Å². The molecular formula is C8H11N5. The van der Waals surface area contributed by atoms with Gasteiger partial charge in [-0.05, 0) is 12.1 Å². The lowest BCUT2D eigenvalue weighted by molar-refractivity contribution is 0.340. The molecule has 1 aromatic rings. The molecule has 0 radical (unpaired) electrons. The maximum atomic E-state index is 4.24. The van der Waals surface area contributed by atoms with Gasteiger partial charge in [0, 0.05) is 20.3 Å². The molecule has 0 saturated carbocycles.